The monoisotopic (exact) mass is 157 g/mol. The van der Waals surface area contributed by atoms with E-state index in [2.05, 4.69) is 18.7 Å². The second kappa shape index (κ2) is 4.73. The lowest BCUT2D eigenvalue weighted by Crippen LogP contribution is -2.21. The number of hydrogen-bond acceptors (Lipinski definition) is 2. The Balaban J connectivity index is 2.09. The van der Waals surface area contributed by atoms with Gasteiger partial charge >= 0.3 is 0 Å². The fourth-order valence-electron chi connectivity index (χ4n) is 1.62. The van der Waals surface area contributed by atoms with E-state index in [-0.39, 0.29) is 0 Å². The molecule has 11 heavy (non-hydrogen) atoms. The predicted molar refractivity (Wildman–Crippen MR) is 46.7 cm³/mol. The van der Waals surface area contributed by atoms with Crippen LogP contribution in [0.25, 0.3) is 0 Å². The van der Waals surface area contributed by atoms with Crippen LogP contribution in [0.1, 0.15) is 20.3 Å². The molecule has 0 aromatic carbocycles. The molecule has 1 unspecified atom stereocenters. The van der Waals surface area contributed by atoms with Crippen molar-refractivity contribution in [3.05, 3.63) is 0 Å². The first-order chi connectivity index (χ1) is 5.36. The minimum Gasteiger partial charge on any atom is -0.381 e. The molecule has 0 radical (unpaired) electrons. The van der Waals surface area contributed by atoms with E-state index < -0.39 is 0 Å². The van der Waals surface area contributed by atoms with Crippen molar-refractivity contribution in [1.29, 1.82) is 0 Å². The van der Waals surface area contributed by atoms with Gasteiger partial charge in [-0.2, -0.15) is 0 Å². The highest BCUT2D eigenvalue weighted by molar-refractivity contribution is 4.73. The molecule has 0 amide bonds. The van der Waals surface area contributed by atoms with E-state index in [9.17, 15) is 0 Å². The van der Waals surface area contributed by atoms with Gasteiger partial charge in [0, 0.05) is 13.2 Å². The Morgan fingerprint density at radius 1 is 1.45 bits per heavy atom. The van der Waals surface area contributed by atoms with Crippen molar-refractivity contribution in [1.82, 2.24) is 4.90 Å². The molecule has 2 heteroatoms. The standard InChI is InChI=1S/C9H19NO/c1-3-10-6-5-9(7-10)8-11-4-2/h9H,3-8H2,1-2H3. The zero-order valence-corrected chi connectivity index (χ0v) is 7.68. The summed E-state index contributed by atoms with van der Waals surface area (Å²) in [6.07, 6.45) is 1.33. The summed E-state index contributed by atoms with van der Waals surface area (Å²) in [6.45, 7) is 9.83. The van der Waals surface area contributed by atoms with E-state index in [4.69, 9.17) is 4.74 Å². The van der Waals surface area contributed by atoms with Crippen molar-refractivity contribution in [3.8, 4) is 0 Å². The van der Waals surface area contributed by atoms with Crippen LogP contribution in [0.5, 0.6) is 0 Å². The fraction of sp³-hybridized carbons (Fsp3) is 1.00. The van der Waals surface area contributed by atoms with Crippen LogP contribution in [-0.2, 0) is 4.74 Å². The average Bonchev–Trinajstić information content (AvgIpc) is 2.48. The molecular formula is C9H19NO. The van der Waals surface area contributed by atoms with E-state index in [1.165, 1.54) is 26.1 Å². The summed E-state index contributed by atoms with van der Waals surface area (Å²) in [4.78, 5) is 2.49. The molecule has 66 valence electrons. The minimum absolute atomic E-state index is 0.801. The molecule has 0 aliphatic carbocycles. The van der Waals surface area contributed by atoms with Crippen molar-refractivity contribution in [3.63, 3.8) is 0 Å². The first-order valence-corrected chi connectivity index (χ1v) is 4.66. The molecule has 0 aromatic heterocycles. The molecule has 1 atom stereocenters. The Bertz CT molecular complexity index is 106. The lowest BCUT2D eigenvalue weighted by atomic mass is 10.1. The van der Waals surface area contributed by atoms with Gasteiger partial charge in [0.1, 0.15) is 0 Å². The highest BCUT2D eigenvalue weighted by Crippen LogP contribution is 2.15. The summed E-state index contributed by atoms with van der Waals surface area (Å²) in [5.74, 6) is 0.801. The van der Waals surface area contributed by atoms with Crippen molar-refractivity contribution in [2.45, 2.75) is 20.3 Å². The number of ether oxygens (including phenoxy) is 1. The third kappa shape index (κ3) is 2.80. The summed E-state index contributed by atoms with van der Waals surface area (Å²) >= 11 is 0. The molecule has 1 heterocycles. The van der Waals surface area contributed by atoms with Gasteiger partial charge in [0.2, 0.25) is 0 Å². The van der Waals surface area contributed by atoms with Crippen LogP contribution >= 0.6 is 0 Å². The van der Waals surface area contributed by atoms with E-state index in [1.807, 2.05) is 0 Å². The van der Waals surface area contributed by atoms with E-state index in [1.54, 1.807) is 0 Å². The van der Waals surface area contributed by atoms with Crippen molar-refractivity contribution < 1.29 is 4.74 Å². The van der Waals surface area contributed by atoms with Crippen molar-refractivity contribution >= 4 is 0 Å². The van der Waals surface area contributed by atoms with Crippen LogP contribution in [0.4, 0.5) is 0 Å². The van der Waals surface area contributed by atoms with E-state index in [0.29, 0.717) is 0 Å². The van der Waals surface area contributed by atoms with Crippen molar-refractivity contribution in [2.75, 3.05) is 32.8 Å². The molecule has 0 spiro atoms. The van der Waals surface area contributed by atoms with Crippen LogP contribution in [0.15, 0.2) is 0 Å². The second-order valence-corrected chi connectivity index (χ2v) is 3.21. The Morgan fingerprint density at radius 3 is 2.82 bits per heavy atom. The van der Waals surface area contributed by atoms with Gasteiger partial charge in [-0.3, -0.25) is 0 Å². The first kappa shape index (κ1) is 9.01. The third-order valence-corrected chi connectivity index (χ3v) is 2.37. The molecule has 1 saturated heterocycles. The average molecular weight is 157 g/mol. The maximum Gasteiger partial charge on any atom is 0.0506 e. The summed E-state index contributed by atoms with van der Waals surface area (Å²) in [5.41, 5.74) is 0. The highest BCUT2D eigenvalue weighted by atomic mass is 16.5. The first-order valence-electron chi connectivity index (χ1n) is 4.66. The number of hydrogen-bond donors (Lipinski definition) is 0. The molecule has 0 aromatic rings. The molecule has 2 nitrogen and oxygen atoms in total. The fourth-order valence-corrected chi connectivity index (χ4v) is 1.62. The number of nitrogens with zero attached hydrogens (tertiary/aromatic N) is 1. The van der Waals surface area contributed by atoms with Gasteiger partial charge in [-0.1, -0.05) is 6.92 Å². The molecule has 0 N–H and O–H groups in total. The summed E-state index contributed by atoms with van der Waals surface area (Å²) < 4.78 is 5.38. The van der Waals surface area contributed by atoms with Crippen LogP contribution in [0.2, 0.25) is 0 Å². The van der Waals surface area contributed by atoms with Crippen molar-refractivity contribution in [2.24, 2.45) is 5.92 Å². The predicted octanol–water partition coefficient (Wildman–Crippen LogP) is 1.36. The van der Waals surface area contributed by atoms with Gasteiger partial charge < -0.3 is 9.64 Å². The van der Waals surface area contributed by atoms with Crippen LogP contribution < -0.4 is 0 Å². The topological polar surface area (TPSA) is 12.5 Å². The number of likely N-dealkylation sites (tertiary alicyclic amines) is 1. The Labute approximate surface area is 69.5 Å². The van der Waals surface area contributed by atoms with Crippen LogP contribution in [0, 0.1) is 5.92 Å². The second-order valence-electron chi connectivity index (χ2n) is 3.21. The maximum atomic E-state index is 5.38. The zero-order valence-electron chi connectivity index (χ0n) is 7.68. The normalized spacial score (nSPS) is 26.2. The minimum atomic E-state index is 0.801. The lowest BCUT2D eigenvalue weighted by Gasteiger charge is -2.12. The Morgan fingerprint density at radius 2 is 2.27 bits per heavy atom. The van der Waals surface area contributed by atoms with Crippen LogP contribution in [0.3, 0.4) is 0 Å². The van der Waals surface area contributed by atoms with Gasteiger partial charge in [-0.15, -0.1) is 0 Å². The van der Waals surface area contributed by atoms with Gasteiger partial charge in [-0.05, 0) is 32.4 Å². The zero-order chi connectivity index (χ0) is 8.10. The third-order valence-electron chi connectivity index (χ3n) is 2.37. The lowest BCUT2D eigenvalue weighted by molar-refractivity contribution is 0.112. The molecule has 0 saturated carbocycles. The smallest absolute Gasteiger partial charge is 0.0506 e. The number of rotatable bonds is 4. The largest absolute Gasteiger partial charge is 0.381 e. The molecule has 1 aliphatic heterocycles. The molecule has 1 rings (SSSR count). The van der Waals surface area contributed by atoms with Gasteiger partial charge in [0.05, 0.1) is 6.61 Å². The SMILES string of the molecule is CCOCC1CCN(CC)C1. The summed E-state index contributed by atoms with van der Waals surface area (Å²) in [5, 5.41) is 0. The quantitative estimate of drug-likeness (QED) is 0.611. The van der Waals surface area contributed by atoms with Gasteiger partial charge in [0.15, 0.2) is 0 Å². The molecule has 1 aliphatic rings. The van der Waals surface area contributed by atoms with E-state index in [0.717, 1.165) is 19.1 Å². The Kier molecular flexibility index (Phi) is 3.87. The molecule has 0 bridgehead atoms. The summed E-state index contributed by atoms with van der Waals surface area (Å²) in [6, 6.07) is 0. The van der Waals surface area contributed by atoms with Gasteiger partial charge in [0.25, 0.3) is 0 Å². The molecule has 1 fully saturated rings. The van der Waals surface area contributed by atoms with Gasteiger partial charge in [-0.25, -0.2) is 0 Å². The maximum absolute atomic E-state index is 5.38. The highest BCUT2D eigenvalue weighted by Gasteiger charge is 2.20. The molecular weight excluding hydrogens is 138 g/mol. The Hall–Kier alpha value is -0.0800. The summed E-state index contributed by atoms with van der Waals surface area (Å²) in [7, 11) is 0. The van der Waals surface area contributed by atoms with E-state index >= 15 is 0 Å². The van der Waals surface area contributed by atoms with Crippen LogP contribution in [-0.4, -0.2) is 37.7 Å².